The van der Waals surface area contributed by atoms with E-state index >= 15 is 0 Å². The maximum atomic E-state index is 12.6. The van der Waals surface area contributed by atoms with Crippen LogP contribution in [0, 0.1) is 0 Å². The van der Waals surface area contributed by atoms with E-state index in [0.29, 0.717) is 28.0 Å². The lowest BCUT2D eigenvalue weighted by atomic mass is 10.2. The molecule has 0 saturated heterocycles. The van der Waals surface area contributed by atoms with E-state index in [1.165, 1.54) is 41.9 Å². The maximum Gasteiger partial charge on any atom is 0.419 e. The lowest BCUT2D eigenvalue weighted by molar-refractivity contribution is -0.115. The Morgan fingerprint density at radius 1 is 1.16 bits per heavy atom. The fourth-order valence-corrected chi connectivity index (χ4v) is 3.88. The van der Waals surface area contributed by atoms with Crippen LogP contribution in [0.2, 0.25) is 0 Å². The number of anilines is 2. The highest BCUT2D eigenvalue weighted by Crippen LogP contribution is 2.27. The van der Waals surface area contributed by atoms with Gasteiger partial charge < -0.3 is 9.73 Å². The molecular formula is C16H13N3O5S. The van der Waals surface area contributed by atoms with E-state index in [-0.39, 0.29) is 17.2 Å². The van der Waals surface area contributed by atoms with Crippen LogP contribution in [0.5, 0.6) is 0 Å². The average Bonchev–Trinajstić information content (AvgIpc) is 3.06. The molecule has 8 nitrogen and oxygen atoms in total. The molecule has 0 bridgehead atoms. The quantitative estimate of drug-likeness (QED) is 0.735. The van der Waals surface area contributed by atoms with Crippen molar-refractivity contribution in [2.75, 3.05) is 10.0 Å². The Morgan fingerprint density at radius 2 is 1.96 bits per heavy atom. The first-order chi connectivity index (χ1) is 11.8. The van der Waals surface area contributed by atoms with E-state index < -0.39 is 15.8 Å². The molecule has 0 fully saturated rings. The standard InChI is InChI=1S/C16H13N3O5S/c1-19-13-8-10(2-5-14(13)24-16(19)21)18-25(22,23)11-3-4-12-9(6-11)7-15(20)17-12/h2-6,8,18H,7H2,1H3,(H,17,20). The van der Waals surface area contributed by atoms with Gasteiger partial charge in [-0.05, 0) is 42.0 Å². The third-order valence-corrected chi connectivity index (χ3v) is 5.43. The van der Waals surface area contributed by atoms with Crippen molar-refractivity contribution in [3.8, 4) is 0 Å². The molecule has 0 atom stereocenters. The van der Waals surface area contributed by atoms with Crippen LogP contribution in [-0.2, 0) is 28.3 Å². The Labute approximate surface area is 142 Å². The molecule has 1 amide bonds. The minimum Gasteiger partial charge on any atom is -0.408 e. The number of hydrogen-bond acceptors (Lipinski definition) is 5. The van der Waals surface area contributed by atoms with Crippen LogP contribution in [0.1, 0.15) is 5.56 Å². The number of nitrogens with one attached hydrogen (secondary N) is 2. The Hall–Kier alpha value is -3.07. The first kappa shape index (κ1) is 15.5. The SMILES string of the molecule is Cn1c(=O)oc2ccc(NS(=O)(=O)c3ccc4c(c3)CC(=O)N4)cc21. The van der Waals surface area contributed by atoms with Crippen molar-refractivity contribution in [2.24, 2.45) is 7.05 Å². The van der Waals surface area contributed by atoms with Gasteiger partial charge in [-0.2, -0.15) is 0 Å². The van der Waals surface area contributed by atoms with Crippen LogP contribution < -0.4 is 15.8 Å². The second-order valence-electron chi connectivity index (χ2n) is 5.76. The molecule has 0 spiro atoms. The van der Waals surface area contributed by atoms with Gasteiger partial charge in [-0.25, -0.2) is 13.2 Å². The smallest absolute Gasteiger partial charge is 0.408 e. The van der Waals surface area contributed by atoms with Crippen LogP contribution in [0.4, 0.5) is 11.4 Å². The summed E-state index contributed by atoms with van der Waals surface area (Å²) in [5.74, 6) is -0.686. The van der Waals surface area contributed by atoms with Crippen molar-refractivity contribution in [3.63, 3.8) is 0 Å². The predicted molar refractivity (Wildman–Crippen MR) is 91.0 cm³/mol. The number of oxazole rings is 1. The van der Waals surface area contributed by atoms with E-state index in [9.17, 15) is 18.0 Å². The van der Waals surface area contributed by atoms with E-state index in [0.717, 1.165) is 0 Å². The molecule has 1 aliphatic rings. The number of sulfonamides is 1. The first-order valence-electron chi connectivity index (χ1n) is 7.39. The number of amides is 1. The van der Waals surface area contributed by atoms with E-state index in [1.54, 1.807) is 6.07 Å². The van der Waals surface area contributed by atoms with Gasteiger partial charge in [0.05, 0.1) is 22.5 Å². The summed E-state index contributed by atoms with van der Waals surface area (Å²) < 4.78 is 34.0. The summed E-state index contributed by atoms with van der Waals surface area (Å²) in [6.07, 6.45) is 0.155. The lowest BCUT2D eigenvalue weighted by Crippen LogP contribution is -2.13. The maximum absolute atomic E-state index is 12.6. The largest absolute Gasteiger partial charge is 0.419 e. The summed E-state index contributed by atoms with van der Waals surface area (Å²) in [6.45, 7) is 0. The molecule has 0 aliphatic carbocycles. The number of hydrogen-bond donors (Lipinski definition) is 2. The number of nitrogens with zero attached hydrogens (tertiary/aromatic N) is 1. The Morgan fingerprint density at radius 3 is 2.76 bits per heavy atom. The molecule has 3 aromatic rings. The molecule has 0 radical (unpaired) electrons. The van der Waals surface area contributed by atoms with E-state index in [1.807, 2.05) is 0 Å². The number of aryl methyl sites for hydroxylation is 1. The molecule has 9 heteroatoms. The summed E-state index contributed by atoms with van der Waals surface area (Å²) in [7, 11) is -2.30. The minimum absolute atomic E-state index is 0.0592. The Balaban J connectivity index is 1.70. The second-order valence-corrected chi connectivity index (χ2v) is 7.44. The number of rotatable bonds is 3. The summed E-state index contributed by atoms with van der Waals surface area (Å²) in [6, 6.07) is 9.04. The highest BCUT2D eigenvalue weighted by atomic mass is 32.2. The fraction of sp³-hybridized carbons (Fsp3) is 0.125. The zero-order chi connectivity index (χ0) is 17.8. The van der Waals surface area contributed by atoms with Gasteiger partial charge in [-0.3, -0.25) is 14.1 Å². The van der Waals surface area contributed by atoms with Crippen LogP contribution in [0.3, 0.4) is 0 Å². The topological polar surface area (TPSA) is 110 Å². The minimum atomic E-state index is -3.83. The van der Waals surface area contributed by atoms with Gasteiger partial charge in [0.15, 0.2) is 5.58 Å². The van der Waals surface area contributed by atoms with Gasteiger partial charge >= 0.3 is 5.76 Å². The van der Waals surface area contributed by atoms with Crippen LogP contribution >= 0.6 is 0 Å². The summed E-state index contributed by atoms with van der Waals surface area (Å²) >= 11 is 0. The molecule has 0 unspecified atom stereocenters. The molecule has 2 heterocycles. The molecule has 128 valence electrons. The molecular weight excluding hydrogens is 346 g/mol. The van der Waals surface area contributed by atoms with Gasteiger partial charge in [0, 0.05) is 12.7 Å². The lowest BCUT2D eigenvalue weighted by Gasteiger charge is -2.09. The van der Waals surface area contributed by atoms with Gasteiger partial charge in [0.25, 0.3) is 10.0 Å². The van der Waals surface area contributed by atoms with Crippen molar-refractivity contribution in [1.29, 1.82) is 0 Å². The van der Waals surface area contributed by atoms with Crippen molar-refractivity contribution in [3.05, 3.63) is 52.5 Å². The van der Waals surface area contributed by atoms with Crippen molar-refractivity contribution in [2.45, 2.75) is 11.3 Å². The first-order valence-corrected chi connectivity index (χ1v) is 8.87. The van der Waals surface area contributed by atoms with Crippen molar-refractivity contribution >= 4 is 38.4 Å². The van der Waals surface area contributed by atoms with E-state index in [4.69, 9.17) is 4.42 Å². The molecule has 2 N–H and O–H groups in total. The molecule has 4 rings (SSSR count). The van der Waals surface area contributed by atoms with Crippen molar-refractivity contribution in [1.82, 2.24) is 4.57 Å². The molecule has 1 aromatic heterocycles. The van der Waals surface area contributed by atoms with Gasteiger partial charge in [0.1, 0.15) is 0 Å². The molecule has 25 heavy (non-hydrogen) atoms. The van der Waals surface area contributed by atoms with E-state index in [2.05, 4.69) is 10.0 Å². The zero-order valence-electron chi connectivity index (χ0n) is 13.1. The van der Waals surface area contributed by atoms with Gasteiger partial charge in [-0.15, -0.1) is 0 Å². The average molecular weight is 359 g/mol. The molecule has 1 aliphatic heterocycles. The number of carbonyl (C=O) groups is 1. The van der Waals surface area contributed by atoms with Gasteiger partial charge in [0.2, 0.25) is 5.91 Å². The van der Waals surface area contributed by atoms with Gasteiger partial charge in [-0.1, -0.05) is 0 Å². The normalized spacial score (nSPS) is 13.7. The van der Waals surface area contributed by atoms with Crippen LogP contribution in [0.15, 0.2) is 50.5 Å². The van der Waals surface area contributed by atoms with Crippen LogP contribution in [0.25, 0.3) is 11.1 Å². The molecule has 0 saturated carbocycles. The third kappa shape index (κ3) is 2.58. The zero-order valence-corrected chi connectivity index (χ0v) is 13.9. The highest BCUT2D eigenvalue weighted by molar-refractivity contribution is 7.92. The summed E-state index contributed by atoms with van der Waals surface area (Å²) in [5, 5.41) is 2.66. The van der Waals surface area contributed by atoms with Crippen LogP contribution in [-0.4, -0.2) is 18.9 Å². The summed E-state index contributed by atoms with van der Waals surface area (Å²) in [5.41, 5.74) is 2.42. The Bertz CT molecular complexity index is 1190. The number of aromatic nitrogens is 1. The molecule has 2 aromatic carbocycles. The third-order valence-electron chi connectivity index (χ3n) is 4.06. The number of benzene rings is 2. The Kier molecular flexibility index (Phi) is 3.22. The highest BCUT2D eigenvalue weighted by Gasteiger charge is 2.22. The fourth-order valence-electron chi connectivity index (χ4n) is 2.78. The number of carbonyl (C=O) groups excluding carboxylic acids is 1. The predicted octanol–water partition coefficient (Wildman–Crippen LogP) is 1.43. The monoisotopic (exact) mass is 359 g/mol. The summed E-state index contributed by atoms with van der Waals surface area (Å²) in [4.78, 5) is 23.0. The van der Waals surface area contributed by atoms with Crippen molar-refractivity contribution < 1.29 is 17.6 Å². The number of fused-ring (bicyclic) bond motifs is 2. The second kappa shape index (κ2) is 5.21.